The first-order valence-electron chi connectivity index (χ1n) is 5.74. The van der Waals surface area contributed by atoms with Gasteiger partial charge < -0.3 is 5.11 Å². The normalized spacial score (nSPS) is 11.3. The lowest BCUT2D eigenvalue weighted by molar-refractivity contribution is -0.130. The minimum atomic E-state index is -0.914. The zero-order valence-electron chi connectivity index (χ0n) is 10.1. The molecule has 0 saturated heterocycles. The van der Waals surface area contributed by atoms with Crippen molar-refractivity contribution in [2.24, 2.45) is 0 Å². The van der Waals surface area contributed by atoms with Crippen molar-refractivity contribution in [2.75, 3.05) is 0 Å². The van der Waals surface area contributed by atoms with Crippen LogP contribution in [0.2, 0.25) is 0 Å². The average Bonchev–Trinajstić information content (AvgIpc) is 2.38. The molecule has 2 nitrogen and oxygen atoms in total. The minimum absolute atomic E-state index is 0.307. The van der Waals surface area contributed by atoms with Gasteiger partial charge in [0.2, 0.25) is 0 Å². The van der Waals surface area contributed by atoms with Gasteiger partial charge >= 0.3 is 5.97 Å². The van der Waals surface area contributed by atoms with E-state index in [-0.39, 0.29) is 0 Å². The number of hydrogen-bond acceptors (Lipinski definition) is 1. The van der Waals surface area contributed by atoms with Gasteiger partial charge in [-0.15, -0.1) is 0 Å². The molecule has 1 N–H and O–H groups in total. The predicted molar refractivity (Wildman–Crippen MR) is 73.1 cm³/mol. The lowest BCUT2D eigenvalue weighted by Gasteiger charge is -2.03. The summed E-state index contributed by atoms with van der Waals surface area (Å²) in [6, 6.07) is 16.9. The molecule has 0 atom stereocenters. The fourth-order valence-corrected chi connectivity index (χ4v) is 1.72. The van der Waals surface area contributed by atoms with Crippen LogP contribution in [0.15, 0.2) is 54.6 Å². The Morgan fingerprint density at radius 3 is 2.17 bits per heavy atom. The average molecular weight is 238 g/mol. The predicted octanol–water partition coefficient (Wildman–Crippen LogP) is 3.62. The molecule has 18 heavy (non-hydrogen) atoms. The Morgan fingerprint density at radius 1 is 1.00 bits per heavy atom. The molecule has 0 fully saturated rings. The molecule has 0 bridgehead atoms. The van der Waals surface area contributed by atoms with Crippen LogP contribution in [0.5, 0.6) is 0 Å². The van der Waals surface area contributed by atoms with Crippen molar-refractivity contribution in [3.8, 4) is 0 Å². The van der Waals surface area contributed by atoms with Crippen molar-refractivity contribution in [1.29, 1.82) is 0 Å². The lowest BCUT2D eigenvalue weighted by atomic mass is 10.0. The van der Waals surface area contributed by atoms with Gasteiger partial charge in [0.1, 0.15) is 0 Å². The summed E-state index contributed by atoms with van der Waals surface area (Å²) in [5, 5.41) is 9.29. The van der Waals surface area contributed by atoms with Crippen molar-refractivity contribution in [2.45, 2.75) is 6.92 Å². The molecule has 0 aliphatic carbocycles. The molecular formula is C16H14O2. The van der Waals surface area contributed by atoms with Crippen LogP contribution in [0.25, 0.3) is 11.6 Å². The zero-order chi connectivity index (χ0) is 13.0. The van der Waals surface area contributed by atoms with Crippen LogP contribution < -0.4 is 0 Å². The molecule has 0 aliphatic rings. The standard InChI is InChI=1S/C16H14O2/c1-12-7-9-14(10-8-12)15(16(17)18)11-13-5-3-2-4-6-13/h2-11H,1H3,(H,17,18). The molecule has 90 valence electrons. The Hall–Kier alpha value is -2.35. The van der Waals surface area contributed by atoms with E-state index in [1.165, 1.54) is 0 Å². The third-order valence-electron chi connectivity index (χ3n) is 2.70. The van der Waals surface area contributed by atoms with Crippen molar-refractivity contribution in [3.05, 3.63) is 71.3 Å². The van der Waals surface area contributed by atoms with Crippen LogP contribution >= 0.6 is 0 Å². The maximum atomic E-state index is 11.3. The SMILES string of the molecule is Cc1ccc(C(=Cc2ccccc2)C(=O)O)cc1. The second kappa shape index (κ2) is 5.32. The summed E-state index contributed by atoms with van der Waals surface area (Å²) in [7, 11) is 0. The molecule has 0 heterocycles. The van der Waals surface area contributed by atoms with Crippen molar-refractivity contribution in [1.82, 2.24) is 0 Å². The van der Waals surface area contributed by atoms with Gasteiger partial charge in [-0.1, -0.05) is 60.2 Å². The number of aliphatic carboxylic acids is 1. The Kier molecular flexibility index (Phi) is 3.58. The maximum absolute atomic E-state index is 11.3. The van der Waals surface area contributed by atoms with E-state index in [4.69, 9.17) is 0 Å². The van der Waals surface area contributed by atoms with Gasteiger partial charge in [-0.05, 0) is 24.1 Å². The molecule has 0 saturated carbocycles. The van der Waals surface area contributed by atoms with Crippen LogP contribution in [0, 0.1) is 6.92 Å². The van der Waals surface area contributed by atoms with E-state index in [0.717, 1.165) is 16.7 Å². The summed E-state index contributed by atoms with van der Waals surface area (Å²) >= 11 is 0. The number of hydrogen-bond donors (Lipinski definition) is 1. The van der Waals surface area contributed by atoms with Gasteiger partial charge in [0, 0.05) is 0 Å². The summed E-state index contributed by atoms with van der Waals surface area (Å²) in [5.41, 5.74) is 3.02. The highest BCUT2D eigenvalue weighted by atomic mass is 16.4. The maximum Gasteiger partial charge on any atom is 0.336 e. The van der Waals surface area contributed by atoms with Gasteiger partial charge in [-0.3, -0.25) is 0 Å². The summed E-state index contributed by atoms with van der Waals surface area (Å²) in [5.74, 6) is -0.914. The number of benzene rings is 2. The highest BCUT2D eigenvalue weighted by Gasteiger charge is 2.09. The molecule has 2 aromatic carbocycles. The summed E-state index contributed by atoms with van der Waals surface area (Å²) in [6.07, 6.45) is 1.69. The lowest BCUT2D eigenvalue weighted by Crippen LogP contribution is -1.99. The first kappa shape index (κ1) is 12.1. The minimum Gasteiger partial charge on any atom is -0.478 e. The molecule has 0 aliphatic heterocycles. The molecule has 0 radical (unpaired) electrons. The van der Waals surface area contributed by atoms with E-state index < -0.39 is 5.97 Å². The Bertz CT molecular complexity index is 566. The molecule has 0 aromatic heterocycles. The summed E-state index contributed by atoms with van der Waals surface area (Å²) in [4.78, 5) is 11.3. The zero-order valence-corrected chi connectivity index (χ0v) is 10.1. The molecule has 2 heteroatoms. The fourth-order valence-electron chi connectivity index (χ4n) is 1.72. The smallest absolute Gasteiger partial charge is 0.336 e. The summed E-state index contributed by atoms with van der Waals surface area (Å²) in [6.45, 7) is 1.98. The van der Waals surface area contributed by atoms with Crippen molar-refractivity contribution >= 4 is 17.6 Å². The highest BCUT2D eigenvalue weighted by Crippen LogP contribution is 2.19. The summed E-state index contributed by atoms with van der Waals surface area (Å²) < 4.78 is 0. The third-order valence-corrected chi connectivity index (χ3v) is 2.70. The van der Waals surface area contributed by atoms with Crippen LogP contribution in [-0.2, 0) is 4.79 Å². The number of carbonyl (C=O) groups is 1. The molecule has 2 rings (SSSR count). The second-order valence-corrected chi connectivity index (χ2v) is 4.14. The topological polar surface area (TPSA) is 37.3 Å². The molecular weight excluding hydrogens is 224 g/mol. The van der Waals surface area contributed by atoms with E-state index in [1.807, 2.05) is 61.5 Å². The van der Waals surface area contributed by atoms with Crippen molar-refractivity contribution < 1.29 is 9.90 Å². The molecule has 0 amide bonds. The second-order valence-electron chi connectivity index (χ2n) is 4.14. The van der Waals surface area contributed by atoms with Gasteiger partial charge in [0.25, 0.3) is 0 Å². The Balaban J connectivity index is 2.44. The van der Waals surface area contributed by atoms with E-state index in [9.17, 15) is 9.90 Å². The van der Waals surface area contributed by atoms with Gasteiger partial charge in [-0.25, -0.2) is 4.79 Å². The van der Waals surface area contributed by atoms with Crippen LogP contribution in [0.1, 0.15) is 16.7 Å². The van der Waals surface area contributed by atoms with Crippen LogP contribution in [-0.4, -0.2) is 11.1 Å². The van der Waals surface area contributed by atoms with Crippen LogP contribution in [0.4, 0.5) is 0 Å². The highest BCUT2D eigenvalue weighted by molar-refractivity contribution is 6.20. The van der Waals surface area contributed by atoms with E-state index >= 15 is 0 Å². The molecule has 0 spiro atoms. The first-order chi connectivity index (χ1) is 8.66. The number of carboxylic acids is 1. The van der Waals surface area contributed by atoms with E-state index in [2.05, 4.69) is 0 Å². The number of carboxylic acid groups (broad SMARTS) is 1. The van der Waals surface area contributed by atoms with Gasteiger partial charge in [-0.2, -0.15) is 0 Å². The Labute approximate surface area is 106 Å². The van der Waals surface area contributed by atoms with E-state index in [1.54, 1.807) is 6.08 Å². The quantitative estimate of drug-likeness (QED) is 0.655. The monoisotopic (exact) mass is 238 g/mol. The van der Waals surface area contributed by atoms with E-state index in [0.29, 0.717) is 5.57 Å². The molecule has 2 aromatic rings. The largest absolute Gasteiger partial charge is 0.478 e. The van der Waals surface area contributed by atoms with Gasteiger partial charge in [0.15, 0.2) is 0 Å². The number of aryl methyl sites for hydroxylation is 1. The van der Waals surface area contributed by atoms with Crippen LogP contribution in [0.3, 0.4) is 0 Å². The number of rotatable bonds is 3. The fraction of sp³-hybridized carbons (Fsp3) is 0.0625. The Morgan fingerprint density at radius 2 is 1.61 bits per heavy atom. The first-order valence-corrected chi connectivity index (χ1v) is 5.74. The van der Waals surface area contributed by atoms with Crippen molar-refractivity contribution in [3.63, 3.8) is 0 Å². The van der Waals surface area contributed by atoms with Gasteiger partial charge in [0.05, 0.1) is 5.57 Å². The third kappa shape index (κ3) is 2.86. The molecule has 0 unspecified atom stereocenters.